The van der Waals surface area contributed by atoms with E-state index in [0.717, 1.165) is 10.5 Å². The van der Waals surface area contributed by atoms with E-state index in [2.05, 4.69) is 15.7 Å². The number of nitriles is 1. The van der Waals surface area contributed by atoms with Crippen molar-refractivity contribution in [1.29, 1.82) is 5.26 Å². The van der Waals surface area contributed by atoms with Gasteiger partial charge in [-0.2, -0.15) is 10.7 Å². The van der Waals surface area contributed by atoms with Crippen LogP contribution in [-0.4, -0.2) is 34.6 Å². The Morgan fingerprint density at radius 1 is 1.21 bits per heavy atom. The van der Waals surface area contributed by atoms with Crippen LogP contribution in [0.3, 0.4) is 0 Å². The van der Waals surface area contributed by atoms with Crippen molar-refractivity contribution >= 4 is 51.9 Å². The highest BCUT2D eigenvalue weighted by atomic mass is 35.5. The molecule has 1 saturated heterocycles. The molecule has 1 unspecified atom stereocenters. The van der Waals surface area contributed by atoms with Crippen molar-refractivity contribution in [3.05, 3.63) is 46.6 Å². The zero-order valence-corrected chi connectivity index (χ0v) is 16.3. The lowest BCUT2D eigenvalue weighted by atomic mass is 10.2. The molecule has 3 aromatic rings. The molecular formula is C18H12Cl2N6O3. The highest BCUT2D eigenvalue weighted by molar-refractivity contribution is 6.38. The number of fused-ring (bicyclic) bond motifs is 1. The number of aromatic nitrogens is 2. The summed E-state index contributed by atoms with van der Waals surface area (Å²) >= 11 is 13.0. The molecule has 0 saturated carbocycles. The van der Waals surface area contributed by atoms with Crippen LogP contribution in [0.15, 0.2) is 36.5 Å². The van der Waals surface area contributed by atoms with Gasteiger partial charge < -0.3 is 9.30 Å². The van der Waals surface area contributed by atoms with Crippen LogP contribution >= 0.6 is 23.2 Å². The van der Waals surface area contributed by atoms with Gasteiger partial charge in [-0.3, -0.25) is 10.1 Å². The predicted molar refractivity (Wildman–Crippen MR) is 106 cm³/mol. The molecule has 3 amide bonds. The molecule has 1 atom stereocenters. The normalized spacial score (nSPS) is 16.6. The zero-order chi connectivity index (χ0) is 20.7. The summed E-state index contributed by atoms with van der Waals surface area (Å²) < 4.78 is 6.90. The molecule has 146 valence electrons. The molecule has 9 nitrogen and oxygen atoms in total. The fourth-order valence-electron chi connectivity index (χ4n) is 2.98. The molecule has 0 bridgehead atoms. The average Bonchev–Trinajstić information content (AvgIpc) is 3.10. The summed E-state index contributed by atoms with van der Waals surface area (Å²) in [6, 6.07) is 8.13. The second-order valence-electron chi connectivity index (χ2n) is 6.02. The molecule has 1 aromatic carbocycles. The number of amides is 3. The number of pyridine rings is 1. The summed E-state index contributed by atoms with van der Waals surface area (Å²) in [5.41, 5.74) is 4.74. The van der Waals surface area contributed by atoms with Crippen molar-refractivity contribution in [3.63, 3.8) is 0 Å². The minimum atomic E-state index is -1.22. The van der Waals surface area contributed by atoms with Gasteiger partial charge in [0.2, 0.25) is 5.88 Å². The fourth-order valence-corrected chi connectivity index (χ4v) is 3.64. The van der Waals surface area contributed by atoms with Crippen molar-refractivity contribution in [3.8, 4) is 17.6 Å². The Hall–Kier alpha value is -3.32. The van der Waals surface area contributed by atoms with E-state index in [0.29, 0.717) is 17.1 Å². The van der Waals surface area contributed by atoms with Crippen molar-refractivity contribution < 1.29 is 14.3 Å². The lowest BCUT2D eigenvalue weighted by molar-refractivity contribution is -0.121. The van der Waals surface area contributed by atoms with E-state index in [1.165, 1.54) is 19.2 Å². The molecule has 1 aliphatic rings. The molecular weight excluding hydrogens is 419 g/mol. The number of urea groups is 1. The van der Waals surface area contributed by atoms with Crippen molar-refractivity contribution in [2.75, 3.05) is 12.1 Å². The van der Waals surface area contributed by atoms with Crippen LogP contribution in [-0.2, 0) is 4.79 Å². The Balaban J connectivity index is 1.76. The number of hydrogen-bond acceptors (Lipinski definition) is 6. The van der Waals surface area contributed by atoms with Gasteiger partial charge in [0.1, 0.15) is 0 Å². The van der Waals surface area contributed by atoms with E-state index in [-0.39, 0.29) is 15.7 Å². The summed E-state index contributed by atoms with van der Waals surface area (Å²) in [7, 11) is 1.53. The molecule has 3 heterocycles. The van der Waals surface area contributed by atoms with E-state index >= 15 is 0 Å². The highest BCUT2D eigenvalue weighted by Gasteiger charge is 2.33. The number of hydrazine groups is 1. The van der Waals surface area contributed by atoms with Crippen LogP contribution in [0.1, 0.15) is 0 Å². The minimum absolute atomic E-state index is 0.251. The van der Waals surface area contributed by atoms with Crippen molar-refractivity contribution in [2.24, 2.45) is 0 Å². The zero-order valence-electron chi connectivity index (χ0n) is 14.8. The minimum Gasteiger partial charge on any atom is -0.481 e. The van der Waals surface area contributed by atoms with E-state index in [9.17, 15) is 9.59 Å². The van der Waals surface area contributed by atoms with Gasteiger partial charge >= 0.3 is 6.03 Å². The lowest BCUT2D eigenvalue weighted by Crippen LogP contribution is -2.64. The number of halogens is 2. The lowest BCUT2D eigenvalue weighted by Gasteiger charge is -2.30. The average molecular weight is 431 g/mol. The van der Waals surface area contributed by atoms with Crippen LogP contribution in [0.4, 0.5) is 10.5 Å². The largest absolute Gasteiger partial charge is 0.481 e. The number of nitrogens with one attached hydrogen (secondary N) is 2. The molecule has 0 aliphatic carbocycles. The number of carbonyl (C=O) groups excluding carboxylic acids is 2. The van der Waals surface area contributed by atoms with Crippen molar-refractivity contribution in [2.45, 2.75) is 6.04 Å². The molecule has 0 radical (unpaired) electrons. The SMILES string of the molecule is COc1ccc2c(ccn2-c2c(Cl)cc(N3NC(C#N)C(=O)NC3=O)cc2Cl)n1. The quantitative estimate of drug-likeness (QED) is 0.660. The molecule has 4 rings (SSSR count). The fraction of sp³-hybridized carbons (Fsp3) is 0.111. The van der Waals surface area contributed by atoms with Crippen LogP contribution in [0.25, 0.3) is 16.7 Å². The van der Waals surface area contributed by atoms with Gasteiger partial charge in [0.25, 0.3) is 5.91 Å². The molecule has 11 heteroatoms. The topological polar surface area (TPSA) is 112 Å². The number of methoxy groups -OCH3 is 1. The Morgan fingerprint density at radius 3 is 2.59 bits per heavy atom. The van der Waals surface area contributed by atoms with Crippen LogP contribution in [0.5, 0.6) is 5.88 Å². The number of anilines is 1. The Kier molecular flexibility index (Phi) is 4.76. The highest BCUT2D eigenvalue weighted by Crippen LogP contribution is 2.36. The first-order valence-electron chi connectivity index (χ1n) is 8.25. The third-order valence-electron chi connectivity index (χ3n) is 4.31. The van der Waals surface area contributed by atoms with Crippen molar-refractivity contribution in [1.82, 2.24) is 20.3 Å². The van der Waals surface area contributed by atoms with Gasteiger partial charge in [-0.1, -0.05) is 23.2 Å². The Bertz CT molecular complexity index is 1180. The Morgan fingerprint density at radius 2 is 1.93 bits per heavy atom. The van der Waals surface area contributed by atoms with Gasteiger partial charge in [-0.25, -0.2) is 14.8 Å². The van der Waals surface area contributed by atoms with Gasteiger partial charge in [-0.15, -0.1) is 0 Å². The molecule has 1 fully saturated rings. The van der Waals surface area contributed by atoms with Crippen LogP contribution in [0, 0.1) is 11.3 Å². The molecule has 1 aliphatic heterocycles. The number of rotatable bonds is 3. The standard InChI is InChI=1S/C18H12Cl2N6O3/c1-29-15-3-2-14-12(22-15)4-5-25(14)16-10(19)6-9(7-11(16)20)26-18(28)23-17(27)13(8-21)24-26/h2-7,13,24H,1H3,(H,23,27,28). The summed E-state index contributed by atoms with van der Waals surface area (Å²) in [6.45, 7) is 0. The van der Waals surface area contributed by atoms with E-state index < -0.39 is 18.0 Å². The van der Waals surface area contributed by atoms with E-state index in [4.69, 9.17) is 33.2 Å². The second-order valence-corrected chi connectivity index (χ2v) is 6.84. The Labute approximate surface area is 174 Å². The smallest absolute Gasteiger partial charge is 0.343 e. The molecule has 0 spiro atoms. The third kappa shape index (κ3) is 3.23. The number of benzene rings is 1. The summed E-state index contributed by atoms with van der Waals surface area (Å²) in [4.78, 5) is 28.1. The first-order chi connectivity index (χ1) is 13.9. The number of hydrogen-bond donors (Lipinski definition) is 2. The number of nitrogens with zero attached hydrogens (tertiary/aromatic N) is 4. The van der Waals surface area contributed by atoms with Gasteiger partial charge in [0.15, 0.2) is 6.04 Å². The number of ether oxygens (including phenoxy) is 1. The number of carbonyl (C=O) groups is 2. The van der Waals surface area contributed by atoms with Crippen LogP contribution in [0.2, 0.25) is 10.0 Å². The van der Waals surface area contributed by atoms with Crippen LogP contribution < -0.4 is 20.5 Å². The first kappa shape index (κ1) is 19.0. The summed E-state index contributed by atoms with van der Waals surface area (Å²) in [5.74, 6) is -0.254. The van der Waals surface area contributed by atoms with E-state index in [1.807, 2.05) is 6.07 Å². The maximum absolute atomic E-state index is 12.1. The van der Waals surface area contributed by atoms with Gasteiger partial charge in [0, 0.05) is 12.3 Å². The maximum atomic E-state index is 12.1. The van der Waals surface area contributed by atoms with Gasteiger partial charge in [0.05, 0.1) is 45.6 Å². The molecule has 29 heavy (non-hydrogen) atoms. The maximum Gasteiger partial charge on any atom is 0.343 e. The summed E-state index contributed by atoms with van der Waals surface area (Å²) in [6.07, 6.45) is 1.76. The molecule has 2 N–H and O–H groups in total. The monoisotopic (exact) mass is 430 g/mol. The first-order valence-corrected chi connectivity index (χ1v) is 9.00. The van der Waals surface area contributed by atoms with E-state index in [1.54, 1.807) is 29.0 Å². The molecule has 2 aromatic heterocycles. The number of imide groups is 1. The predicted octanol–water partition coefficient (Wildman–Crippen LogP) is 2.79. The third-order valence-corrected chi connectivity index (χ3v) is 4.89. The summed E-state index contributed by atoms with van der Waals surface area (Å²) in [5, 5.41) is 12.7. The second kappa shape index (κ2) is 7.25. The van der Waals surface area contributed by atoms with Gasteiger partial charge in [-0.05, 0) is 24.3 Å².